The zero-order valence-electron chi connectivity index (χ0n) is 21.0. The number of amides is 1. The van der Waals surface area contributed by atoms with E-state index >= 15 is 0 Å². The number of nitrogens with zero attached hydrogens (tertiary/aromatic N) is 1. The lowest BCUT2D eigenvalue weighted by molar-refractivity contribution is 0.0948. The second-order valence-corrected chi connectivity index (χ2v) is 11.2. The zero-order valence-corrected chi connectivity index (χ0v) is 22.6. The molecule has 1 amide bonds. The summed E-state index contributed by atoms with van der Waals surface area (Å²) in [5, 5.41) is 19.0. The molecule has 0 saturated carbocycles. The standard InChI is InChI=1S/C29H24ClFN4O4S/c30-20-10-8-18(9-11-20)16-34-29(37)24-17-33-27-23(28(24)36)14-21(15-25(27)31)40(38,39)35-13-12-32-26-7-3-5-19-4-1-2-6-22(19)26/h1-11,14-15,17,32,35H,12-13,16H2,(H,33,36)(H,34,37). The van der Waals surface area contributed by atoms with Crippen molar-refractivity contribution in [2.75, 3.05) is 18.4 Å². The van der Waals surface area contributed by atoms with Crippen LogP contribution in [0, 0.1) is 5.82 Å². The maximum absolute atomic E-state index is 14.9. The van der Waals surface area contributed by atoms with Crippen LogP contribution in [0.25, 0.3) is 21.7 Å². The number of aromatic hydroxyl groups is 1. The van der Waals surface area contributed by atoms with Crippen molar-refractivity contribution in [3.63, 3.8) is 0 Å². The van der Waals surface area contributed by atoms with Crippen LogP contribution < -0.4 is 15.4 Å². The van der Waals surface area contributed by atoms with Gasteiger partial charge in [-0.15, -0.1) is 0 Å². The van der Waals surface area contributed by atoms with Crippen molar-refractivity contribution in [3.05, 3.63) is 107 Å². The molecule has 0 bridgehead atoms. The third-order valence-corrected chi connectivity index (χ3v) is 8.01. The van der Waals surface area contributed by atoms with Crippen molar-refractivity contribution >= 4 is 54.9 Å². The van der Waals surface area contributed by atoms with Gasteiger partial charge in [-0.25, -0.2) is 17.5 Å². The number of hydrogen-bond acceptors (Lipinski definition) is 6. The van der Waals surface area contributed by atoms with Gasteiger partial charge in [-0.05, 0) is 41.3 Å². The fourth-order valence-corrected chi connectivity index (χ4v) is 5.46. The molecule has 4 aromatic carbocycles. The lowest BCUT2D eigenvalue weighted by Gasteiger charge is -2.13. The number of pyridine rings is 1. The van der Waals surface area contributed by atoms with E-state index < -0.39 is 32.4 Å². The second kappa shape index (κ2) is 11.5. The molecule has 0 saturated heterocycles. The number of anilines is 1. The van der Waals surface area contributed by atoms with Crippen LogP contribution in [0.15, 0.2) is 90.0 Å². The quantitative estimate of drug-likeness (QED) is 0.178. The Morgan fingerprint density at radius 1 is 0.950 bits per heavy atom. The Kier molecular flexibility index (Phi) is 7.83. The van der Waals surface area contributed by atoms with Crippen molar-refractivity contribution in [2.24, 2.45) is 0 Å². The summed E-state index contributed by atoms with van der Waals surface area (Å²) in [6, 6.07) is 22.3. The van der Waals surface area contributed by atoms with E-state index in [4.69, 9.17) is 11.6 Å². The van der Waals surface area contributed by atoms with Crippen molar-refractivity contribution in [3.8, 4) is 5.75 Å². The predicted octanol–water partition coefficient (Wildman–Crippen LogP) is 5.21. The van der Waals surface area contributed by atoms with Gasteiger partial charge >= 0.3 is 0 Å². The Balaban J connectivity index is 1.30. The summed E-state index contributed by atoms with van der Waals surface area (Å²) in [5.74, 6) is -2.18. The molecule has 0 aliphatic heterocycles. The summed E-state index contributed by atoms with van der Waals surface area (Å²) in [6.45, 7) is 0.434. The number of rotatable bonds is 9. The molecule has 0 atom stereocenters. The van der Waals surface area contributed by atoms with E-state index in [2.05, 4.69) is 20.3 Å². The number of carbonyl (C=O) groups is 1. The number of benzene rings is 4. The van der Waals surface area contributed by atoms with E-state index in [9.17, 15) is 22.7 Å². The molecule has 1 aromatic heterocycles. The number of fused-ring (bicyclic) bond motifs is 2. The van der Waals surface area contributed by atoms with Gasteiger partial charge in [-0.2, -0.15) is 0 Å². The lowest BCUT2D eigenvalue weighted by atomic mass is 10.1. The molecule has 5 aromatic rings. The van der Waals surface area contributed by atoms with E-state index in [-0.39, 0.29) is 36.1 Å². The Labute approximate surface area is 234 Å². The molecule has 8 nitrogen and oxygen atoms in total. The molecule has 0 radical (unpaired) electrons. The van der Waals surface area contributed by atoms with Crippen LogP contribution in [0.2, 0.25) is 5.02 Å². The topological polar surface area (TPSA) is 120 Å². The number of halogens is 2. The number of sulfonamides is 1. The van der Waals surface area contributed by atoms with Gasteiger partial charge in [-0.3, -0.25) is 9.78 Å². The third kappa shape index (κ3) is 5.84. The summed E-state index contributed by atoms with van der Waals surface area (Å²) >= 11 is 5.87. The van der Waals surface area contributed by atoms with Crippen LogP contribution in [-0.4, -0.2) is 37.5 Å². The van der Waals surface area contributed by atoms with Gasteiger partial charge in [0.25, 0.3) is 5.91 Å². The maximum atomic E-state index is 14.9. The Hall–Kier alpha value is -4.25. The van der Waals surface area contributed by atoms with E-state index in [1.165, 1.54) is 0 Å². The molecular weight excluding hydrogens is 555 g/mol. The zero-order chi connectivity index (χ0) is 28.3. The SMILES string of the molecule is O=C(NCc1ccc(Cl)cc1)c1cnc2c(F)cc(S(=O)(=O)NCCNc3cccc4ccccc34)cc2c1O. The third-order valence-electron chi connectivity index (χ3n) is 6.31. The molecule has 0 unspecified atom stereocenters. The first kappa shape index (κ1) is 27.3. The van der Waals surface area contributed by atoms with E-state index in [0.29, 0.717) is 5.02 Å². The van der Waals surface area contributed by atoms with Crippen LogP contribution in [0.5, 0.6) is 5.75 Å². The van der Waals surface area contributed by atoms with Crippen molar-refractivity contribution in [1.29, 1.82) is 0 Å². The molecule has 11 heteroatoms. The molecule has 204 valence electrons. The average molecular weight is 579 g/mol. The largest absolute Gasteiger partial charge is 0.506 e. The highest BCUT2D eigenvalue weighted by molar-refractivity contribution is 7.89. The molecule has 5 rings (SSSR count). The number of hydrogen-bond donors (Lipinski definition) is 4. The van der Waals surface area contributed by atoms with Gasteiger partial charge < -0.3 is 15.7 Å². The van der Waals surface area contributed by atoms with Crippen LogP contribution >= 0.6 is 11.6 Å². The molecular formula is C29H24ClFN4O4S. The van der Waals surface area contributed by atoms with Crippen molar-refractivity contribution in [1.82, 2.24) is 15.0 Å². The molecule has 0 aliphatic carbocycles. The number of nitrogens with one attached hydrogen (secondary N) is 3. The Bertz CT molecular complexity index is 1830. The fourth-order valence-electron chi connectivity index (χ4n) is 4.27. The first-order chi connectivity index (χ1) is 19.2. The predicted molar refractivity (Wildman–Crippen MR) is 154 cm³/mol. The molecule has 4 N–H and O–H groups in total. The molecule has 1 heterocycles. The first-order valence-electron chi connectivity index (χ1n) is 12.3. The van der Waals surface area contributed by atoms with Gasteiger partial charge in [0.1, 0.15) is 16.8 Å². The van der Waals surface area contributed by atoms with Crippen LogP contribution in [-0.2, 0) is 16.6 Å². The Morgan fingerprint density at radius 3 is 2.50 bits per heavy atom. The van der Waals surface area contributed by atoms with Gasteiger partial charge in [0.2, 0.25) is 10.0 Å². The van der Waals surface area contributed by atoms with E-state index in [0.717, 1.165) is 40.4 Å². The maximum Gasteiger partial charge on any atom is 0.256 e. The summed E-state index contributed by atoms with van der Waals surface area (Å²) < 4.78 is 43.2. The molecule has 0 fully saturated rings. The molecule has 40 heavy (non-hydrogen) atoms. The Morgan fingerprint density at radius 2 is 1.70 bits per heavy atom. The summed E-state index contributed by atoms with van der Waals surface area (Å²) in [5.41, 5.74) is 1.14. The second-order valence-electron chi connectivity index (χ2n) is 8.98. The molecule has 0 spiro atoms. The van der Waals surface area contributed by atoms with E-state index in [1.807, 2.05) is 42.5 Å². The van der Waals surface area contributed by atoms with Crippen LogP contribution in [0.1, 0.15) is 15.9 Å². The highest BCUT2D eigenvalue weighted by Crippen LogP contribution is 2.31. The normalized spacial score (nSPS) is 11.6. The summed E-state index contributed by atoms with van der Waals surface area (Å²) in [7, 11) is -4.15. The number of aromatic nitrogens is 1. The minimum atomic E-state index is -4.15. The highest BCUT2D eigenvalue weighted by Gasteiger charge is 2.22. The first-order valence-corrected chi connectivity index (χ1v) is 14.1. The number of carbonyl (C=O) groups excluding carboxylic acids is 1. The highest BCUT2D eigenvalue weighted by atomic mass is 35.5. The van der Waals surface area contributed by atoms with Crippen molar-refractivity contribution in [2.45, 2.75) is 11.4 Å². The van der Waals surface area contributed by atoms with Crippen LogP contribution in [0.4, 0.5) is 10.1 Å². The van der Waals surface area contributed by atoms with Gasteiger partial charge in [0.05, 0.1) is 4.90 Å². The monoisotopic (exact) mass is 578 g/mol. The summed E-state index contributed by atoms with van der Waals surface area (Å²) in [6.07, 6.45) is 1.04. The summed E-state index contributed by atoms with van der Waals surface area (Å²) in [4.78, 5) is 16.3. The van der Waals surface area contributed by atoms with Gasteiger partial charge in [-0.1, -0.05) is 60.1 Å². The average Bonchev–Trinajstić information content (AvgIpc) is 2.95. The molecule has 0 aliphatic rings. The van der Waals surface area contributed by atoms with Crippen molar-refractivity contribution < 1.29 is 22.7 Å². The van der Waals surface area contributed by atoms with Gasteiger partial charge in [0.15, 0.2) is 5.82 Å². The van der Waals surface area contributed by atoms with Gasteiger partial charge in [0, 0.05) is 47.3 Å². The fraction of sp³-hybridized carbons (Fsp3) is 0.103. The van der Waals surface area contributed by atoms with E-state index in [1.54, 1.807) is 24.3 Å². The smallest absolute Gasteiger partial charge is 0.256 e. The minimum absolute atomic E-state index is 0.0165. The lowest BCUT2D eigenvalue weighted by Crippen LogP contribution is -2.29. The minimum Gasteiger partial charge on any atom is -0.506 e. The van der Waals surface area contributed by atoms with Crippen LogP contribution in [0.3, 0.4) is 0 Å².